The molecule has 0 unspecified atom stereocenters. The molecule has 0 radical (unpaired) electrons. The van der Waals surface area contributed by atoms with Gasteiger partial charge in [-0.25, -0.2) is 4.39 Å². The van der Waals surface area contributed by atoms with Crippen molar-refractivity contribution >= 4 is 5.69 Å². The molecule has 0 aliphatic rings. The Labute approximate surface area is 93.9 Å². The topological polar surface area (TPSA) is 29.9 Å². The Morgan fingerprint density at radius 1 is 1.44 bits per heavy atom. The molecule has 2 aromatic rings. The van der Waals surface area contributed by atoms with Crippen LogP contribution in [0.5, 0.6) is 0 Å². The SMILES string of the molecule is Cc1cc(F)ccc1CNc1cnn(C)c1. The van der Waals surface area contributed by atoms with E-state index in [9.17, 15) is 4.39 Å². The molecule has 0 aliphatic heterocycles. The van der Waals surface area contributed by atoms with Crippen molar-refractivity contribution in [1.82, 2.24) is 9.78 Å². The van der Waals surface area contributed by atoms with Gasteiger partial charge in [0.2, 0.25) is 0 Å². The standard InChI is InChI=1S/C12H14FN3/c1-9-5-11(13)4-3-10(9)6-14-12-7-15-16(2)8-12/h3-5,7-8,14H,6H2,1-2H3. The van der Waals surface area contributed by atoms with Crippen LogP contribution in [0, 0.1) is 12.7 Å². The molecular weight excluding hydrogens is 205 g/mol. The molecule has 84 valence electrons. The van der Waals surface area contributed by atoms with Crippen LogP contribution in [0.3, 0.4) is 0 Å². The third-order valence-corrected chi connectivity index (χ3v) is 2.49. The molecule has 4 heteroatoms. The lowest BCUT2D eigenvalue weighted by molar-refractivity contribution is 0.625. The molecule has 3 nitrogen and oxygen atoms in total. The summed E-state index contributed by atoms with van der Waals surface area (Å²) in [5.41, 5.74) is 3.01. The van der Waals surface area contributed by atoms with E-state index in [1.165, 1.54) is 6.07 Å². The molecule has 1 aromatic heterocycles. The van der Waals surface area contributed by atoms with Crippen LogP contribution in [-0.4, -0.2) is 9.78 Å². The smallest absolute Gasteiger partial charge is 0.123 e. The van der Waals surface area contributed by atoms with Crippen LogP contribution in [0.4, 0.5) is 10.1 Å². The zero-order valence-corrected chi connectivity index (χ0v) is 9.37. The van der Waals surface area contributed by atoms with E-state index < -0.39 is 0 Å². The molecule has 1 heterocycles. The van der Waals surface area contributed by atoms with Crippen LogP contribution in [-0.2, 0) is 13.6 Å². The Hall–Kier alpha value is -1.84. The van der Waals surface area contributed by atoms with E-state index in [1.54, 1.807) is 23.0 Å². The number of nitrogens with zero attached hydrogens (tertiary/aromatic N) is 2. The number of benzene rings is 1. The first-order valence-corrected chi connectivity index (χ1v) is 5.13. The normalized spacial score (nSPS) is 10.4. The molecule has 0 atom stereocenters. The molecular formula is C12H14FN3. The largest absolute Gasteiger partial charge is 0.378 e. The van der Waals surface area contributed by atoms with Crippen LogP contribution >= 0.6 is 0 Å². The molecule has 0 saturated heterocycles. The maximum Gasteiger partial charge on any atom is 0.123 e. The van der Waals surface area contributed by atoms with Crippen molar-refractivity contribution < 1.29 is 4.39 Å². The summed E-state index contributed by atoms with van der Waals surface area (Å²) in [5, 5.41) is 7.30. The number of aromatic nitrogens is 2. The molecule has 0 saturated carbocycles. The summed E-state index contributed by atoms with van der Waals surface area (Å²) in [6.07, 6.45) is 3.66. The summed E-state index contributed by atoms with van der Waals surface area (Å²) in [6.45, 7) is 2.58. The first kappa shape index (κ1) is 10.7. The van der Waals surface area contributed by atoms with Gasteiger partial charge in [-0.1, -0.05) is 6.07 Å². The second-order valence-electron chi connectivity index (χ2n) is 3.83. The highest BCUT2D eigenvalue weighted by Gasteiger charge is 2.00. The maximum absolute atomic E-state index is 12.9. The zero-order valence-electron chi connectivity index (χ0n) is 9.37. The van der Waals surface area contributed by atoms with Crippen molar-refractivity contribution in [3.63, 3.8) is 0 Å². The van der Waals surface area contributed by atoms with Crippen molar-refractivity contribution in [2.24, 2.45) is 7.05 Å². The van der Waals surface area contributed by atoms with Crippen molar-refractivity contribution in [2.45, 2.75) is 13.5 Å². The lowest BCUT2D eigenvalue weighted by Gasteiger charge is -2.07. The molecule has 16 heavy (non-hydrogen) atoms. The van der Waals surface area contributed by atoms with Gasteiger partial charge in [-0.2, -0.15) is 5.10 Å². The second-order valence-corrected chi connectivity index (χ2v) is 3.83. The number of halogens is 1. The first-order valence-electron chi connectivity index (χ1n) is 5.13. The fourth-order valence-corrected chi connectivity index (χ4v) is 1.57. The number of anilines is 1. The minimum atomic E-state index is -0.192. The van der Waals surface area contributed by atoms with Crippen LogP contribution < -0.4 is 5.32 Å². The van der Waals surface area contributed by atoms with Crippen molar-refractivity contribution in [2.75, 3.05) is 5.32 Å². The summed E-state index contributed by atoms with van der Waals surface area (Å²) < 4.78 is 14.6. The average molecular weight is 219 g/mol. The van der Waals surface area contributed by atoms with Gasteiger partial charge in [0, 0.05) is 19.8 Å². The Balaban J connectivity index is 2.04. The highest BCUT2D eigenvalue weighted by molar-refractivity contribution is 5.40. The first-order chi connectivity index (χ1) is 7.65. The van der Waals surface area contributed by atoms with Gasteiger partial charge in [0.25, 0.3) is 0 Å². The molecule has 0 fully saturated rings. The maximum atomic E-state index is 12.9. The van der Waals surface area contributed by atoms with E-state index in [1.807, 2.05) is 20.2 Å². The minimum Gasteiger partial charge on any atom is -0.378 e. The second kappa shape index (κ2) is 4.35. The lowest BCUT2D eigenvalue weighted by atomic mass is 10.1. The number of aryl methyl sites for hydroxylation is 2. The highest BCUT2D eigenvalue weighted by atomic mass is 19.1. The van der Waals surface area contributed by atoms with E-state index in [4.69, 9.17) is 0 Å². The quantitative estimate of drug-likeness (QED) is 0.859. The summed E-state index contributed by atoms with van der Waals surface area (Å²) in [5.74, 6) is -0.192. The Kier molecular flexibility index (Phi) is 2.90. The third-order valence-electron chi connectivity index (χ3n) is 2.49. The van der Waals surface area contributed by atoms with Gasteiger partial charge in [0.05, 0.1) is 11.9 Å². The number of hydrogen-bond acceptors (Lipinski definition) is 2. The van der Waals surface area contributed by atoms with Crippen LogP contribution in [0.25, 0.3) is 0 Å². The number of rotatable bonds is 3. The fourth-order valence-electron chi connectivity index (χ4n) is 1.57. The number of nitrogens with one attached hydrogen (secondary N) is 1. The van der Waals surface area contributed by atoms with Gasteiger partial charge in [0.15, 0.2) is 0 Å². The van der Waals surface area contributed by atoms with Gasteiger partial charge < -0.3 is 5.32 Å². The third kappa shape index (κ3) is 2.39. The Morgan fingerprint density at radius 3 is 2.88 bits per heavy atom. The molecule has 0 aliphatic carbocycles. The van der Waals surface area contributed by atoms with Crippen LogP contribution in [0.15, 0.2) is 30.6 Å². The predicted octanol–water partition coefficient (Wildman–Crippen LogP) is 2.48. The minimum absolute atomic E-state index is 0.192. The van der Waals surface area contributed by atoms with E-state index >= 15 is 0 Å². The van der Waals surface area contributed by atoms with Crippen molar-refractivity contribution in [3.05, 3.63) is 47.5 Å². The molecule has 0 bridgehead atoms. The average Bonchev–Trinajstić information content (AvgIpc) is 2.63. The number of hydrogen-bond donors (Lipinski definition) is 1. The molecule has 1 N–H and O–H groups in total. The van der Waals surface area contributed by atoms with Gasteiger partial charge in [0.1, 0.15) is 5.82 Å². The predicted molar refractivity (Wildman–Crippen MR) is 61.7 cm³/mol. The molecule has 0 amide bonds. The van der Waals surface area contributed by atoms with Crippen molar-refractivity contribution in [1.29, 1.82) is 0 Å². The van der Waals surface area contributed by atoms with Crippen LogP contribution in [0.2, 0.25) is 0 Å². The van der Waals surface area contributed by atoms with E-state index in [-0.39, 0.29) is 5.82 Å². The Bertz CT molecular complexity index is 491. The zero-order chi connectivity index (χ0) is 11.5. The highest BCUT2D eigenvalue weighted by Crippen LogP contribution is 2.12. The summed E-state index contributed by atoms with van der Waals surface area (Å²) in [4.78, 5) is 0. The summed E-state index contributed by atoms with van der Waals surface area (Å²) in [7, 11) is 1.87. The molecule has 0 spiro atoms. The van der Waals surface area contributed by atoms with E-state index in [0.29, 0.717) is 6.54 Å². The van der Waals surface area contributed by atoms with Gasteiger partial charge in [-0.15, -0.1) is 0 Å². The molecule has 2 rings (SSSR count). The monoisotopic (exact) mass is 219 g/mol. The Morgan fingerprint density at radius 2 is 2.25 bits per heavy atom. The van der Waals surface area contributed by atoms with Gasteiger partial charge in [-0.05, 0) is 30.2 Å². The lowest BCUT2D eigenvalue weighted by Crippen LogP contribution is -2.00. The fraction of sp³-hybridized carbons (Fsp3) is 0.250. The van der Waals surface area contributed by atoms with E-state index in [2.05, 4.69) is 10.4 Å². The summed E-state index contributed by atoms with van der Waals surface area (Å²) in [6, 6.07) is 4.82. The van der Waals surface area contributed by atoms with Crippen molar-refractivity contribution in [3.8, 4) is 0 Å². The molecule has 1 aromatic carbocycles. The van der Waals surface area contributed by atoms with E-state index in [0.717, 1.165) is 16.8 Å². The van der Waals surface area contributed by atoms with Gasteiger partial charge >= 0.3 is 0 Å². The van der Waals surface area contributed by atoms with Crippen LogP contribution in [0.1, 0.15) is 11.1 Å². The summed E-state index contributed by atoms with van der Waals surface area (Å²) >= 11 is 0. The van der Waals surface area contributed by atoms with Gasteiger partial charge in [-0.3, -0.25) is 4.68 Å².